The summed E-state index contributed by atoms with van der Waals surface area (Å²) in [6.45, 7) is 2.63. The third kappa shape index (κ3) is 19.6. The van der Waals surface area contributed by atoms with Crippen molar-refractivity contribution in [1.82, 2.24) is 20.9 Å². The van der Waals surface area contributed by atoms with E-state index < -0.39 is 49.3 Å². The highest BCUT2D eigenvalue weighted by molar-refractivity contribution is 6.03. The summed E-state index contributed by atoms with van der Waals surface area (Å²) in [5, 5.41) is 50.4. The van der Waals surface area contributed by atoms with Crippen LogP contribution in [0.15, 0.2) is 18.2 Å². The predicted octanol–water partition coefficient (Wildman–Crippen LogP) is -2.93. The molecule has 0 spiro atoms. The number of ether oxygens (including phenoxy) is 8. The van der Waals surface area contributed by atoms with Crippen molar-refractivity contribution in [2.75, 3.05) is 97.8 Å². The molecular formula is C39H59N5O19. The molecule has 3 rings (SSSR count). The molecule has 0 aromatic heterocycles. The Morgan fingerprint density at radius 2 is 1.44 bits per heavy atom. The average molecular weight is 902 g/mol. The summed E-state index contributed by atoms with van der Waals surface area (Å²) in [5.74, 6) is -2.12. The normalized spacial score (nSPS) is 20.9. The van der Waals surface area contributed by atoms with Gasteiger partial charge in [-0.1, -0.05) is 13.0 Å². The van der Waals surface area contributed by atoms with E-state index in [9.17, 15) is 54.0 Å². The minimum Gasteiger partial charge on any atom is -0.460 e. The Bertz CT molecular complexity index is 1620. The first-order valence-electron chi connectivity index (χ1n) is 20.3. The maximum absolute atomic E-state index is 12.9. The topological polar surface area (TPSA) is 326 Å². The third-order valence-corrected chi connectivity index (χ3v) is 9.15. The standard InChI is InChI=1S/C39H59N5O19/c1-25-20-33(50)44(37(25)54)9-5-30(47)41-8-12-57-15-17-59-19-18-58-16-14-56-11-6-31(48)40-7-4-32(49)43-27-21-26(23-61-39(55)42-24-60-13-10-45)2-3-28(27)62-38-36(53)35(52)34(51)29(22-46)63-38/h2-3,10,21,25,29,34-36,38,46,51-53H,4-9,11-20,22-24H2,1H3,(H,40,48)(H,41,47)(H,42,55)(H,43,49)/t25?,29-,34+,35+,36-,38-/m1/s1. The fraction of sp³-hybridized carbons (Fsp3) is 0.667. The van der Waals surface area contributed by atoms with Crippen molar-refractivity contribution in [2.45, 2.75) is 69.9 Å². The molecule has 2 aliphatic heterocycles. The number of aliphatic hydroxyl groups excluding tert-OH is 4. The monoisotopic (exact) mass is 901 g/mol. The number of carbonyl (C=O) groups is 7. The molecule has 6 atom stereocenters. The van der Waals surface area contributed by atoms with Crippen LogP contribution in [-0.2, 0) is 68.5 Å². The zero-order valence-electron chi connectivity index (χ0n) is 35.1. The Kier molecular flexibility index (Phi) is 24.5. The van der Waals surface area contributed by atoms with Crippen LogP contribution in [0.2, 0.25) is 0 Å². The lowest BCUT2D eigenvalue weighted by molar-refractivity contribution is -0.277. The molecule has 0 aliphatic carbocycles. The number of likely N-dealkylation sites (tertiary alicyclic amines) is 1. The average Bonchev–Trinajstić information content (AvgIpc) is 3.51. The number of nitrogens with one attached hydrogen (secondary N) is 4. The maximum atomic E-state index is 12.9. The molecule has 63 heavy (non-hydrogen) atoms. The van der Waals surface area contributed by atoms with Gasteiger partial charge in [0.1, 0.15) is 56.4 Å². The van der Waals surface area contributed by atoms with Gasteiger partial charge in [0.2, 0.25) is 35.8 Å². The number of benzene rings is 1. The third-order valence-electron chi connectivity index (χ3n) is 9.15. The van der Waals surface area contributed by atoms with Gasteiger partial charge in [-0.05, 0) is 17.7 Å². The van der Waals surface area contributed by atoms with Crippen LogP contribution in [0.3, 0.4) is 0 Å². The molecule has 2 fully saturated rings. The number of carbonyl (C=O) groups excluding carboxylic acids is 7. The van der Waals surface area contributed by atoms with Crippen LogP contribution >= 0.6 is 0 Å². The highest BCUT2D eigenvalue weighted by atomic mass is 16.7. The summed E-state index contributed by atoms with van der Waals surface area (Å²) in [5.41, 5.74) is 0.412. The van der Waals surface area contributed by atoms with E-state index >= 15 is 0 Å². The van der Waals surface area contributed by atoms with Gasteiger partial charge in [-0.3, -0.25) is 34.2 Å². The van der Waals surface area contributed by atoms with Crippen LogP contribution in [0, 0.1) is 5.92 Å². The molecule has 1 aromatic carbocycles. The molecule has 24 nitrogen and oxygen atoms in total. The highest BCUT2D eigenvalue weighted by Crippen LogP contribution is 2.31. The zero-order chi connectivity index (χ0) is 46.0. The van der Waals surface area contributed by atoms with Gasteiger partial charge in [0.05, 0.1) is 65.1 Å². The van der Waals surface area contributed by atoms with Gasteiger partial charge in [-0.2, -0.15) is 0 Å². The van der Waals surface area contributed by atoms with E-state index in [1.54, 1.807) is 6.92 Å². The van der Waals surface area contributed by atoms with Crippen LogP contribution in [0.4, 0.5) is 10.5 Å². The van der Waals surface area contributed by atoms with Crippen molar-refractivity contribution in [2.24, 2.45) is 5.92 Å². The molecule has 24 heteroatoms. The lowest BCUT2D eigenvalue weighted by Gasteiger charge is -2.39. The van der Waals surface area contributed by atoms with E-state index in [1.165, 1.54) is 18.2 Å². The van der Waals surface area contributed by atoms with E-state index in [1.807, 2.05) is 0 Å². The Morgan fingerprint density at radius 3 is 2.10 bits per heavy atom. The Balaban J connectivity index is 1.25. The molecule has 6 amide bonds. The van der Waals surface area contributed by atoms with Gasteiger partial charge in [0, 0.05) is 51.2 Å². The van der Waals surface area contributed by atoms with Crippen LogP contribution in [0.5, 0.6) is 5.75 Å². The summed E-state index contributed by atoms with van der Waals surface area (Å²) in [7, 11) is 0. The number of hydrogen-bond donors (Lipinski definition) is 8. The van der Waals surface area contributed by atoms with Gasteiger partial charge in [0.15, 0.2) is 0 Å². The van der Waals surface area contributed by atoms with E-state index in [2.05, 4.69) is 21.3 Å². The number of anilines is 1. The van der Waals surface area contributed by atoms with Gasteiger partial charge in [-0.25, -0.2) is 4.79 Å². The van der Waals surface area contributed by atoms with Crippen molar-refractivity contribution >= 4 is 47.6 Å². The fourth-order valence-electron chi connectivity index (χ4n) is 5.76. The quantitative estimate of drug-likeness (QED) is 0.0160. The van der Waals surface area contributed by atoms with Crippen LogP contribution in [0.25, 0.3) is 0 Å². The number of aliphatic hydroxyl groups is 4. The van der Waals surface area contributed by atoms with Gasteiger partial charge < -0.3 is 79.1 Å². The molecule has 8 N–H and O–H groups in total. The fourth-order valence-corrected chi connectivity index (χ4v) is 5.76. The van der Waals surface area contributed by atoms with Gasteiger partial charge in [-0.15, -0.1) is 0 Å². The Hall–Kier alpha value is -4.89. The second-order valence-corrected chi connectivity index (χ2v) is 14.0. The molecule has 1 aromatic rings. The van der Waals surface area contributed by atoms with Crippen LogP contribution in [0.1, 0.15) is 38.2 Å². The molecular weight excluding hydrogens is 842 g/mol. The van der Waals surface area contributed by atoms with Crippen LogP contribution < -0.4 is 26.0 Å². The number of aldehydes is 1. The molecule has 2 heterocycles. The number of imide groups is 1. The van der Waals surface area contributed by atoms with Crippen molar-refractivity contribution in [3.8, 4) is 5.75 Å². The molecule has 354 valence electrons. The van der Waals surface area contributed by atoms with E-state index in [-0.39, 0.29) is 133 Å². The first-order valence-corrected chi connectivity index (χ1v) is 20.3. The van der Waals surface area contributed by atoms with Crippen molar-refractivity contribution in [3.05, 3.63) is 23.8 Å². The summed E-state index contributed by atoms with van der Waals surface area (Å²) >= 11 is 0. The number of nitrogens with zero attached hydrogens (tertiary/aromatic N) is 1. The SMILES string of the molecule is CC1CC(=O)N(CCC(=O)NCCOCCOCCOCCOCCC(=O)NCCC(=O)Nc2cc(COC(=O)NCOCC=O)ccc2O[C@@H]2O[C@H](CO)[C@H](O)[C@H](O)[C@H]2O)C1=O. The zero-order valence-corrected chi connectivity index (χ0v) is 35.1. The van der Waals surface area contributed by atoms with Gasteiger partial charge in [0.25, 0.3) is 0 Å². The van der Waals surface area contributed by atoms with E-state index in [0.717, 1.165) is 4.90 Å². The number of alkyl carbamates (subject to hydrolysis) is 1. The Labute approximate surface area is 363 Å². The summed E-state index contributed by atoms with van der Waals surface area (Å²) in [6, 6.07) is 4.24. The summed E-state index contributed by atoms with van der Waals surface area (Å²) in [6.07, 6.45) is -8.20. The van der Waals surface area contributed by atoms with E-state index in [4.69, 9.17) is 37.9 Å². The predicted molar refractivity (Wildman–Crippen MR) is 213 cm³/mol. The van der Waals surface area contributed by atoms with Crippen molar-refractivity contribution in [3.63, 3.8) is 0 Å². The summed E-state index contributed by atoms with van der Waals surface area (Å²) < 4.78 is 42.8. The second-order valence-electron chi connectivity index (χ2n) is 14.0. The highest BCUT2D eigenvalue weighted by Gasteiger charge is 2.45. The molecule has 0 radical (unpaired) electrons. The number of rotatable bonds is 31. The first kappa shape index (κ1) is 52.5. The largest absolute Gasteiger partial charge is 0.460 e. The second kappa shape index (κ2) is 29.5. The minimum absolute atomic E-state index is 0.0181. The lowest BCUT2D eigenvalue weighted by Crippen LogP contribution is -2.60. The lowest BCUT2D eigenvalue weighted by atomic mass is 9.99. The minimum atomic E-state index is -1.74. The first-order chi connectivity index (χ1) is 30.3. The summed E-state index contributed by atoms with van der Waals surface area (Å²) in [4.78, 5) is 84.3. The van der Waals surface area contributed by atoms with E-state index in [0.29, 0.717) is 38.3 Å². The molecule has 2 saturated heterocycles. The maximum Gasteiger partial charge on any atom is 0.409 e. The van der Waals surface area contributed by atoms with Crippen molar-refractivity contribution in [1.29, 1.82) is 0 Å². The smallest absolute Gasteiger partial charge is 0.409 e. The molecule has 0 bridgehead atoms. The Morgan fingerprint density at radius 1 is 0.794 bits per heavy atom. The molecule has 2 aliphatic rings. The number of amides is 6. The molecule has 1 unspecified atom stereocenters. The number of hydrogen-bond acceptors (Lipinski definition) is 19. The van der Waals surface area contributed by atoms with Crippen LogP contribution in [-0.4, -0.2) is 190 Å². The van der Waals surface area contributed by atoms with Gasteiger partial charge >= 0.3 is 6.09 Å². The van der Waals surface area contributed by atoms with Crippen molar-refractivity contribution < 1.29 is 91.9 Å². The molecule has 0 saturated carbocycles.